The summed E-state index contributed by atoms with van der Waals surface area (Å²) in [5, 5.41) is 0. The molecule has 1 saturated carbocycles. The number of hydrogen-bond donors (Lipinski definition) is 0. The molecular weight excluding hydrogens is 216 g/mol. The summed E-state index contributed by atoms with van der Waals surface area (Å²) in [6, 6.07) is 0. The van der Waals surface area contributed by atoms with Crippen molar-refractivity contribution in [3.05, 3.63) is 48.6 Å². The van der Waals surface area contributed by atoms with Gasteiger partial charge < -0.3 is 0 Å². The molecule has 1 aliphatic carbocycles. The zero-order valence-corrected chi connectivity index (χ0v) is 12.6. The van der Waals surface area contributed by atoms with Crippen molar-refractivity contribution in [1.82, 2.24) is 0 Å². The third-order valence-electron chi connectivity index (χ3n) is 4.62. The number of allylic oxidation sites excluding steroid dienone is 4. The van der Waals surface area contributed by atoms with Crippen LogP contribution in [-0.4, -0.2) is 0 Å². The van der Waals surface area contributed by atoms with Crippen molar-refractivity contribution in [2.45, 2.75) is 40.5 Å². The molecule has 0 amide bonds. The van der Waals surface area contributed by atoms with Gasteiger partial charge in [-0.25, -0.2) is 0 Å². The minimum Gasteiger partial charge on any atom is -0.0958 e. The van der Waals surface area contributed by atoms with Gasteiger partial charge in [-0.3, -0.25) is 0 Å². The Kier molecular flexibility index (Phi) is 4.78. The molecule has 0 saturated heterocycles. The van der Waals surface area contributed by atoms with Gasteiger partial charge in [0.2, 0.25) is 0 Å². The second-order valence-electron chi connectivity index (χ2n) is 6.25. The minimum absolute atomic E-state index is 0.590. The molecule has 0 aromatic carbocycles. The molecule has 18 heavy (non-hydrogen) atoms. The van der Waals surface area contributed by atoms with Crippen molar-refractivity contribution in [3.8, 4) is 0 Å². The van der Waals surface area contributed by atoms with E-state index in [4.69, 9.17) is 0 Å². The van der Waals surface area contributed by atoms with E-state index in [1.54, 1.807) is 0 Å². The topological polar surface area (TPSA) is 0 Å². The highest BCUT2D eigenvalue weighted by Crippen LogP contribution is 2.45. The maximum absolute atomic E-state index is 4.23. The van der Waals surface area contributed by atoms with E-state index in [-0.39, 0.29) is 0 Å². The largest absolute Gasteiger partial charge is 0.0958 e. The predicted molar refractivity (Wildman–Crippen MR) is 82.5 cm³/mol. The number of rotatable bonds is 4. The van der Waals surface area contributed by atoms with E-state index in [1.165, 1.54) is 24.0 Å². The SMILES string of the molecule is C=C(C)C(=C)C1CC(C)C(C(=C)C(=C)C)CC1C. The average molecular weight is 244 g/mol. The van der Waals surface area contributed by atoms with E-state index in [0.717, 1.165) is 11.1 Å². The highest BCUT2D eigenvalue weighted by molar-refractivity contribution is 5.30. The molecule has 0 heterocycles. The van der Waals surface area contributed by atoms with Crippen molar-refractivity contribution in [2.24, 2.45) is 23.7 Å². The van der Waals surface area contributed by atoms with Crippen LogP contribution in [0.3, 0.4) is 0 Å². The highest BCUT2D eigenvalue weighted by atomic mass is 14.4. The van der Waals surface area contributed by atoms with E-state index in [1.807, 2.05) is 0 Å². The number of hydrogen-bond acceptors (Lipinski definition) is 0. The second-order valence-corrected chi connectivity index (χ2v) is 6.25. The Balaban J connectivity index is 2.83. The molecule has 100 valence electrons. The molecule has 0 spiro atoms. The standard InChI is InChI=1S/C18H28/c1-11(2)15(7)17-9-14(6)18(10-13(17)5)16(8)12(3)4/h13-14,17-18H,1,3,7-10H2,2,4-6H3. The van der Waals surface area contributed by atoms with Crippen LogP contribution in [0.5, 0.6) is 0 Å². The molecule has 0 radical (unpaired) electrons. The lowest BCUT2D eigenvalue weighted by Crippen LogP contribution is -2.31. The van der Waals surface area contributed by atoms with E-state index in [2.05, 4.69) is 54.0 Å². The van der Waals surface area contributed by atoms with Crippen LogP contribution >= 0.6 is 0 Å². The summed E-state index contributed by atoms with van der Waals surface area (Å²) in [5.74, 6) is 2.50. The van der Waals surface area contributed by atoms with E-state index in [0.29, 0.717) is 23.7 Å². The van der Waals surface area contributed by atoms with Gasteiger partial charge in [-0.05, 0) is 61.5 Å². The summed E-state index contributed by atoms with van der Waals surface area (Å²) >= 11 is 0. The lowest BCUT2D eigenvalue weighted by atomic mass is 9.64. The van der Waals surface area contributed by atoms with Gasteiger partial charge in [0.05, 0.1) is 0 Å². The fourth-order valence-electron chi connectivity index (χ4n) is 3.20. The zero-order valence-electron chi connectivity index (χ0n) is 12.6. The van der Waals surface area contributed by atoms with Gasteiger partial charge in [0.1, 0.15) is 0 Å². The average Bonchev–Trinajstić information content (AvgIpc) is 2.29. The Morgan fingerprint density at radius 1 is 0.722 bits per heavy atom. The first kappa shape index (κ1) is 15.0. The van der Waals surface area contributed by atoms with Gasteiger partial charge in [-0.15, -0.1) is 0 Å². The molecule has 1 aliphatic rings. The van der Waals surface area contributed by atoms with Crippen molar-refractivity contribution >= 4 is 0 Å². The lowest BCUT2D eigenvalue weighted by Gasteiger charge is -2.41. The Morgan fingerprint density at radius 2 is 1.00 bits per heavy atom. The molecule has 0 aliphatic heterocycles. The molecule has 4 atom stereocenters. The molecular formula is C18H28. The minimum atomic E-state index is 0.590. The summed E-state index contributed by atoms with van der Waals surface area (Å²) in [6.07, 6.45) is 2.40. The van der Waals surface area contributed by atoms with Gasteiger partial charge in [0.15, 0.2) is 0 Å². The Morgan fingerprint density at radius 3 is 1.22 bits per heavy atom. The fourth-order valence-corrected chi connectivity index (χ4v) is 3.20. The summed E-state index contributed by atoms with van der Waals surface area (Å²) < 4.78 is 0. The van der Waals surface area contributed by atoms with Crippen molar-refractivity contribution in [3.63, 3.8) is 0 Å². The molecule has 0 bridgehead atoms. The van der Waals surface area contributed by atoms with Crippen LogP contribution in [0.1, 0.15) is 40.5 Å². The summed E-state index contributed by atoms with van der Waals surface area (Å²) in [4.78, 5) is 0. The first-order valence-corrected chi connectivity index (χ1v) is 6.95. The monoisotopic (exact) mass is 244 g/mol. The zero-order chi connectivity index (χ0) is 14.0. The van der Waals surface area contributed by atoms with E-state index in [9.17, 15) is 0 Å². The quantitative estimate of drug-likeness (QED) is 0.569. The molecule has 4 unspecified atom stereocenters. The molecule has 1 fully saturated rings. The summed E-state index contributed by atoms with van der Waals surface area (Å²) in [5.41, 5.74) is 4.76. The van der Waals surface area contributed by atoms with Gasteiger partial charge in [0, 0.05) is 0 Å². The summed E-state index contributed by atoms with van der Waals surface area (Å²) in [6.45, 7) is 25.3. The van der Waals surface area contributed by atoms with Gasteiger partial charge >= 0.3 is 0 Å². The van der Waals surface area contributed by atoms with Crippen LogP contribution < -0.4 is 0 Å². The van der Waals surface area contributed by atoms with Gasteiger partial charge in [-0.1, -0.05) is 51.3 Å². The lowest BCUT2D eigenvalue weighted by molar-refractivity contribution is 0.181. The molecule has 0 heteroatoms. The van der Waals surface area contributed by atoms with Crippen molar-refractivity contribution in [2.75, 3.05) is 0 Å². The first-order chi connectivity index (χ1) is 8.25. The normalized spacial score (nSPS) is 31.8. The molecule has 0 aromatic rings. The van der Waals surface area contributed by atoms with E-state index < -0.39 is 0 Å². The predicted octanol–water partition coefficient (Wildman–Crippen LogP) is 5.55. The Labute approximate surface area is 113 Å². The first-order valence-electron chi connectivity index (χ1n) is 6.95. The third-order valence-corrected chi connectivity index (χ3v) is 4.62. The van der Waals surface area contributed by atoms with Crippen molar-refractivity contribution < 1.29 is 0 Å². The van der Waals surface area contributed by atoms with Crippen LogP contribution in [0.15, 0.2) is 48.6 Å². The van der Waals surface area contributed by atoms with Crippen LogP contribution in [0.2, 0.25) is 0 Å². The highest BCUT2D eigenvalue weighted by Gasteiger charge is 2.35. The maximum atomic E-state index is 4.23. The van der Waals surface area contributed by atoms with Crippen LogP contribution in [-0.2, 0) is 0 Å². The second kappa shape index (κ2) is 5.73. The molecule has 0 N–H and O–H groups in total. The summed E-state index contributed by atoms with van der Waals surface area (Å²) in [7, 11) is 0. The Bertz CT molecular complexity index is 345. The van der Waals surface area contributed by atoms with Crippen molar-refractivity contribution in [1.29, 1.82) is 0 Å². The molecule has 0 aromatic heterocycles. The van der Waals surface area contributed by atoms with Crippen LogP contribution in [0.4, 0.5) is 0 Å². The fraction of sp³-hybridized carbons (Fsp3) is 0.556. The molecule has 1 rings (SSSR count). The van der Waals surface area contributed by atoms with Crippen LogP contribution in [0, 0.1) is 23.7 Å². The third kappa shape index (κ3) is 3.04. The molecule has 0 nitrogen and oxygen atoms in total. The van der Waals surface area contributed by atoms with E-state index >= 15 is 0 Å². The maximum Gasteiger partial charge on any atom is -0.0137 e. The smallest absolute Gasteiger partial charge is 0.0137 e. The van der Waals surface area contributed by atoms with Crippen LogP contribution in [0.25, 0.3) is 0 Å². The van der Waals surface area contributed by atoms with Gasteiger partial charge in [0.25, 0.3) is 0 Å². The Hall–Kier alpha value is -1.04. The van der Waals surface area contributed by atoms with Gasteiger partial charge in [-0.2, -0.15) is 0 Å².